The van der Waals surface area contributed by atoms with Crippen molar-refractivity contribution in [3.8, 4) is 0 Å². The van der Waals surface area contributed by atoms with E-state index in [1.165, 1.54) is 0 Å². The van der Waals surface area contributed by atoms with E-state index in [2.05, 4.69) is 20.4 Å². The van der Waals surface area contributed by atoms with E-state index < -0.39 is 0 Å². The number of rotatable bonds is 4. The summed E-state index contributed by atoms with van der Waals surface area (Å²) in [6, 6.07) is 3.28. The highest BCUT2D eigenvalue weighted by Crippen LogP contribution is 2.38. The number of aromatic nitrogens is 4. The van der Waals surface area contributed by atoms with Gasteiger partial charge >= 0.3 is 0 Å². The molecule has 2 aromatic heterocycles. The van der Waals surface area contributed by atoms with Crippen molar-refractivity contribution < 1.29 is 4.74 Å². The maximum atomic E-state index is 12.2. The first-order valence-electron chi connectivity index (χ1n) is 7.51. The first-order valence-corrected chi connectivity index (χ1v) is 7.51. The van der Waals surface area contributed by atoms with Crippen LogP contribution in [-0.2, 0) is 4.74 Å². The summed E-state index contributed by atoms with van der Waals surface area (Å²) in [6.07, 6.45) is 7.23. The van der Waals surface area contributed by atoms with Crippen LogP contribution in [0.15, 0.2) is 35.5 Å². The van der Waals surface area contributed by atoms with Crippen LogP contribution >= 0.6 is 0 Å². The predicted octanol–water partition coefficient (Wildman–Crippen LogP) is 0.963. The quantitative estimate of drug-likeness (QED) is 0.905. The van der Waals surface area contributed by atoms with Crippen molar-refractivity contribution in [1.29, 1.82) is 0 Å². The van der Waals surface area contributed by atoms with Crippen LogP contribution in [0, 0.1) is 0 Å². The van der Waals surface area contributed by atoms with Crippen LogP contribution in [0.1, 0.15) is 30.5 Å². The molecule has 0 amide bonds. The lowest BCUT2D eigenvalue weighted by Gasteiger charge is -2.20. The number of hydrogen-bond acceptors (Lipinski definition) is 6. The van der Waals surface area contributed by atoms with Gasteiger partial charge in [0.15, 0.2) is 0 Å². The SMILES string of the molecule is O=c1ccc(C2CC2)nn1C1COCC1Nc1cnccn1. The molecule has 114 valence electrons. The van der Waals surface area contributed by atoms with Crippen molar-refractivity contribution in [3.63, 3.8) is 0 Å². The Morgan fingerprint density at radius 3 is 2.91 bits per heavy atom. The van der Waals surface area contributed by atoms with E-state index in [0.29, 0.717) is 24.9 Å². The minimum Gasteiger partial charge on any atom is -0.377 e. The van der Waals surface area contributed by atoms with Crippen LogP contribution in [0.3, 0.4) is 0 Å². The molecule has 0 spiro atoms. The summed E-state index contributed by atoms with van der Waals surface area (Å²) in [5, 5.41) is 7.84. The summed E-state index contributed by atoms with van der Waals surface area (Å²) in [5.74, 6) is 1.19. The lowest BCUT2D eigenvalue weighted by molar-refractivity contribution is 0.182. The topological polar surface area (TPSA) is 81.9 Å². The molecule has 1 saturated carbocycles. The molecule has 1 saturated heterocycles. The van der Waals surface area contributed by atoms with Crippen molar-refractivity contribution >= 4 is 5.82 Å². The van der Waals surface area contributed by atoms with E-state index in [0.717, 1.165) is 18.5 Å². The van der Waals surface area contributed by atoms with E-state index in [4.69, 9.17) is 4.74 Å². The van der Waals surface area contributed by atoms with Crippen molar-refractivity contribution in [3.05, 3.63) is 46.8 Å². The molecule has 2 aliphatic rings. The fraction of sp³-hybridized carbons (Fsp3) is 0.467. The third-order valence-electron chi connectivity index (χ3n) is 4.10. The Labute approximate surface area is 127 Å². The molecule has 0 bridgehead atoms. The number of anilines is 1. The number of nitrogens with one attached hydrogen (secondary N) is 1. The smallest absolute Gasteiger partial charge is 0.267 e. The highest BCUT2D eigenvalue weighted by atomic mass is 16.5. The van der Waals surface area contributed by atoms with Crippen LogP contribution in [-0.4, -0.2) is 39.0 Å². The van der Waals surface area contributed by atoms with Gasteiger partial charge in [0.05, 0.1) is 31.1 Å². The largest absolute Gasteiger partial charge is 0.377 e. The molecule has 2 atom stereocenters. The van der Waals surface area contributed by atoms with Gasteiger partial charge in [-0.15, -0.1) is 0 Å². The zero-order valence-electron chi connectivity index (χ0n) is 12.1. The van der Waals surface area contributed by atoms with Gasteiger partial charge in [-0.25, -0.2) is 9.67 Å². The Bertz CT molecular complexity index is 713. The van der Waals surface area contributed by atoms with E-state index in [1.807, 2.05) is 6.07 Å². The van der Waals surface area contributed by atoms with Crippen molar-refractivity contribution in [2.75, 3.05) is 18.5 Å². The van der Waals surface area contributed by atoms with Crippen LogP contribution in [0.25, 0.3) is 0 Å². The molecule has 0 aromatic carbocycles. The molecule has 0 radical (unpaired) electrons. The minimum atomic E-state index is -0.131. The fourth-order valence-corrected chi connectivity index (χ4v) is 2.76. The zero-order valence-corrected chi connectivity index (χ0v) is 12.1. The molecular formula is C15H17N5O2. The Hall–Kier alpha value is -2.28. The van der Waals surface area contributed by atoms with Crippen molar-refractivity contribution in [1.82, 2.24) is 19.7 Å². The van der Waals surface area contributed by atoms with Gasteiger partial charge in [-0.2, -0.15) is 5.10 Å². The van der Waals surface area contributed by atoms with Gasteiger partial charge in [-0.1, -0.05) is 0 Å². The molecule has 7 nitrogen and oxygen atoms in total. The molecule has 22 heavy (non-hydrogen) atoms. The number of ether oxygens (including phenoxy) is 1. The number of nitrogens with zero attached hydrogens (tertiary/aromatic N) is 4. The monoisotopic (exact) mass is 299 g/mol. The summed E-state index contributed by atoms with van der Waals surface area (Å²) in [6.45, 7) is 0.988. The van der Waals surface area contributed by atoms with E-state index in [1.54, 1.807) is 29.3 Å². The fourth-order valence-electron chi connectivity index (χ4n) is 2.76. The summed E-state index contributed by atoms with van der Waals surface area (Å²) < 4.78 is 7.12. The minimum absolute atomic E-state index is 0.0450. The van der Waals surface area contributed by atoms with E-state index >= 15 is 0 Å². The molecule has 1 aliphatic heterocycles. The van der Waals surface area contributed by atoms with Crippen molar-refractivity contribution in [2.45, 2.75) is 30.8 Å². The summed E-state index contributed by atoms with van der Waals surface area (Å²) in [4.78, 5) is 20.4. The van der Waals surface area contributed by atoms with Crippen molar-refractivity contribution in [2.24, 2.45) is 0 Å². The molecule has 1 aliphatic carbocycles. The van der Waals surface area contributed by atoms with Gasteiger partial charge in [0.1, 0.15) is 11.9 Å². The third-order valence-corrected chi connectivity index (χ3v) is 4.10. The lowest BCUT2D eigenvalue weighted by atomic mass is 10.1. The highest BCUT2D eigenvalue weighted by Gasteiger charge is 2.33. The molecule has 7 heteroatoms. The second kappa shape index (κ2) is 5.49. The number of hydrogen-bond donors (Lipinski definition) is 1. The van der Waals surface area contributed by atoms with Gasteiger partial charge in [0.25, 0.3) is 5.56 Å². The van der Waals surface area contributed by atoms with Gasteiger partial charge in [0, 0.05) is 24.4 Å². The Morgan fingerprint density at radius 2 is 2.14 bits per heavy atom. The van der Waals surface area contributed by atoms with E-state index in [-0.39, 0.29) is 17.6 Å². The Kier molecular flexibility index (Phi) is 3.34. The predicted molar refractivity (Wildman–Crippen MR) is 79.8 cm³/mol. The molecule has 4 rings (SSSR count). The van der Waals surface area contributed by atoms with Crippen LogP contribution < -0.4 is 10.9 Å². The standard InChI is InChI=1S/C15H17N5O2/c21-15-4-3-11(10-1-2-10)19-20(15)13-9-22-8-12(13)18-14-7-16-5-6-17-14/h3-7,10,12-13H,1-2,8-9H2,(H,17,18). The Balaban J connectivity index is 1.60. The molecule has 2 aromatic rings. The Morgan fingerprint density at radius 1 is 1.23 bits per heavy atom. The lowest BCUT2D eigenvalue weighted by Crippen LogP contribution is -2.37. The summed E-state index contributed by atoms with van der Waals surface area (Å²) in [7, 11) is 0. The molecule has 3 heterocycles. The maximum Gasteiger partial charge on any atom is 0.267 e. The maximum absolute atomic E-state index is 12.2. The average Bonchev–Trinajstić information content (AvgIpc) is 3.29. The molecule has 1 N–H and O–H groups in total. The summed E-state index contributed by atoms with van der Waals surface area (Å²) >= 11 is 0. The van der Waals surface area contributed by atoms with Gasteiger partial charge < -0.3 is 10.1 Å². The van der Waals surface area contributed by atoms with E-state index in [9.17, 15) is 4.79 Å². The van der Waals surface area contributed by atoms with Gasteiger partial charge in [-0.05, 0) is 18.9 Å². The first kappa shape index (κ1) is 13.4. The molecular weight excluding hydrogens is 282 g/mol. The normalized spacial score (nSPS) is 24.4. The molecule has 2 fully saturated rings. The second-order valence-corrected chi connectivity index (χ2v) is 5.76. The average molecular weight is 299 g/mol. The second-order valence-electron chi connectivity index (χ2n) is 5.76. The highest BCUT2D eigenvalue weighted by molar-refractivity contribution is 5.32. The van der Waals surface area contributed by atoms with Crippen LogP contribution in [0.2, 0.25) is 0 Å². The van der Waals surface area contributed by atoms with Gasteiger partial charge in [0.2, 0.25) is 0 Å². The zero-order chi connectivity index (χ0) is 14.9. The third kappa shape index (κ3) is 2.59. The van der Waals surface area contributed by atoms with Crippen LogP contribution in [0.5, 0.6) is 0 Å². The molecule has 2 unspecified atom stereocenters. The van der Waals surface area contributed by atoms with Gasteiger partial charge in [-0.3, -0.25) is 9.78 Å². The summed E-state index contributed by atoms with van der Waals surface area (Å²) in [5.41, 5.74) is 0.913. The first-order chi connectivity index (χ1) is 10.8. The van der Waals surface area contributed by atoms with Crippen LogP contribution in [0.4, 0.5) is 5.82 Å².